The van der Waals surface area contributed by atoms with Crippen molar-refractivity contribution in [1.29, 1.82) is 0 Å². The topological polar surface area (TPSA) is 38.4 Å². The SMILES string of the molecule is CCCC(N)=NCc1ccc(F)cc1F. The molecule has 0 spiro atoms. The number of rotatable bonds is 4. The fraction of sp³-hybridized carbons (Fsp3) is 0.364. The third kappa shape index (κ3) is 3.65. The van der Waals surface area contributed by atoms with Gasteiger partial charge < -0.3 is 5.73 Å². The van der Waals surface area contributed by atoms with Crippen molar-refractivity contribution in [2.45, 2.75) is 26.3 Å². The van der Waals surface area contributed by atoms with Gasteiger partial charge in [0, 0.05) is 18.1 Å². The Hall–Kier alpha value is -1.45. The Labute approximate surface area is 87.8 Å². The standard InChI is InChI=1S/C11H14F2N2/c1-2-3-11(14)15-7-8-4-5-9(12)6-10(8)13/h4-6H,2-3,7H2,1H3,(H2,14,15). The number of benzene rings is 1. The summed E-state index contributed by atoms with van der Waals surface area (Å²) in [6.07, 6.45) is 1.60. The molecular formula is C11H14F2N2. The Kier molecular flexibility index (Phi) is 4.21. The minimum Gasteiger partial charge on any atom is -0.387 e. The molecule has 0 unspecified atom stereocenters. The predicted octanol–water partition coefficient (Wildman–Crippen LogP) is 2.62. The number of nitrogens with two attached hydrogens (primary N) is 1. The molecule has 0 amide bonds. The summed E-state index contributed by atoms with van der Waals surface area (Å²) >= 11 is 0. The van der Waals surface area contributed by atoms with Crippen LogP contribution in [0.15, 0.2) is 23.2 Å². The minimum atomic E-state index is -0.582. The zero-order valence-corrected chi connectivity index (χ0v) is 8.63. The third-order valence-corrected chi connectivity index (χ3v) is 1.97. The van der Waals surface area contributed by atoms with Gasteiger partial charge in [-0.05, 0) is 12.5 Å². The summed E-state index contributed by atoms with van der Waals surface area (Å²) in [4.78, 5) is 4.01. The average Bonchev–Trinajstić information content (AvgIpc) is 2.17. The van der Waals surface area contributed by atoms with Crippen molar-refractivity contribution >= 4 is 5.84 Å². The van der Waals surface area contributed by atoms with Gasteiger partial charge in [-0.25, -0.2) is 8.78 Å². The van der Waals surface area contributed by atoms with E-state index in [1.54, 1.807) is 0 Å². The Morgan fingerprint density at radius 2 is 2.13 bits per heavy atom. The normalized spacial score (nSPS) is 11.8. The molecule has 0 saturated carbocycles. The van der Waals surface area contributed by atoms with E-state index in [1.165, 1.54) is 12.1 Å². The molecule has 0 aliphatic carbocycles. The zero-order valence-electron chi connectivity index (χ0n) is 8.63. The summed E-state index contributed by atoms with van der Waals surface area (Å²) in [6.45, 7) is 2.15. The summed E-state index contributed by atoms with van der Waals surface area (Å²) in [6, 6.07) is 3.44. The van der Waals surface area contributed by atoms with Crippen molar-refractivity contribution in [2.24, 2.45) is 10.7 Å². The first-order valence-corrected chi connectivity index (χ1v) is 4.86. The van der Waals surface area contributed by atoms with Crippen LogP contribution in [0.2, 0.25) is 0 Å². The van der Waals surface area contributed by atoms with Crippen LogP contribution in [0.1, 0.15) is 25.3 Å². The first-order chi connectivity index (χ1) is 7.13. The van der Waals surface area contributed by atoms with E-state index in [4.69, 9.17) is 5.73 Å². The maximum absolute atomic E-state index is 13.1. The maximum atomic E-state index is 13.1. The van der Waals surface area contributed by atoms with Crippen molar-refractivity contribution in [3.8, 4) is 0 Å². The molecule has 2 nitrogen and oxygen atoms in total. The van der Waals surface area contributed by atoms with Gasteiger partial charge >= 0.3 is 0 Å². The summed E-state index contributed by atoms with van der Waals surface area (Å²) in [5, 5.41) is 0. The lowest BCUT2D eigenvalue weighted by atomic mass is 10.2. The van der Waals surface area contributed by atoms with E-state index in [0.717, 1.165) is 12.5 Å². The first kappa shape index (κ1) is 11.6. The van der Waals surface area contributed by atoms with Gasteiger partial charge in [-0.15, -0.1) is 0 Å². The summed E-state index contributed by atoms with van der Waals surface area (Å²) in [5.74, 6) is -0.661. The van der Waals surface area contributed by atoms with Gasteiger partial charge in [-0.1, -0.05) is 13.0 Å². The first-order valence-electron chi connectivity index (χ1n) is 4.86. The second-order valence-corrected chi connectivity index (χ2v) is 3.29. The highest BCUT2D eigenvalue weighted by Crippen LogP contribution is 2.10. The van der Waals surface area contributed by atoms with Crippen molar-refractivity contribution in [1.82, 2.24) is 0 Å². The molecule has 0 radical (unpaired) electrons. The molecule has 0 aromatic heterocycles. The second kappa shape index (κ2) is 5.44. The van der Waals surface area contributed by atoms with E-state index in [0.29, 0.717) is 17.8 Å². The maximum Gasteiger partial charge on any atom is 0.131 e. The molecule has 1 aromatic carbocycles. The van der Waals surface area contributed by atoms with Gasteiger partial charge in [0.1, 0.15) is 11.6 Å². The van der Waals surface area contributed by atoms with Crippen LogP contribution in [-0.2, 0) is 6.54 Å². The van der Waals surface area contributed by atoms with E-state index in [1.807, 2.05) is 6.92 Å². The van der Waals surface area contributed by atoms with E-state index >= 15 is 0 Å². The molecule has 1 rings (SSSR count). The molecule has 0 fully saturated rings. The Balaban J connectivity index is 2.69. The molecule has 4 heteroatoms. The highest BCUT2D eigenvalue weighted by atomic mass is 19.1. The lowest BCUT2D eigenvalue weighted by Gasteiger charge is -2.01. The average molecular weight is 212 g/mol. The highest BCUT2D eigenvalue weighted by molar-refractivity contribution is 5.80. The molecule has 1 aromatic rings. The minimum absolute atomic E-state index is 0.165. The zero-order chi connectivity index (χ0) is 11.3. The van der Waals surface area contributed by atoms with Gasteiger partial charge in [0.2, 0.25) is 0 Å². The number of aliphatic imine (C=N–C) groups is 1. The summed E-state index contributed by atoms with van der Waals surface area (Å²) in [7, 11) is 0. The van der Waals surface area contributed by atoms with Gasteiger partial charge in [0.05, 0.1) is 12.4 Å². The third-order valence-electron chi connectivity index (χ3n) is 1.97. The van der Waals surface area contributed by atoms with Crippen LogP contribution in [0.3, 0.4) is 0 Å². The van der Waals surface area contributed by atoms with Crippen molar-refractivity contribution in [3.63, 3.8) is 0 Å². The molecular weight excluding hydrogens is 198 g/mol. The Morgan fingerprint density at radius 1 is 1.40 bits per heavy atom. The van der Waals surface area contributed by atoms with Crippen molar-refractivity contribution in [3.05, 3.63) is 35.4 Å². The number of nitrogens with zero attached hydrogens (tertiary/aromatic N) is 1. The number of amidine groups is 1. The molecule has 0 bridgehead atoms. The van der Waals surface area contributed by atoms with Gasteiger partial charge in [-0.2, -0.15) is 0 Å². The van der Waals surface area contributed by atoms with Gasteiger partial charge in [0.15, 0.2) is 0 Å². The van der Waals surface area contributed by atoms with Crippen LogP contribution in [0.5, 0.6) is 0 Å². The van der Waals surface area contributed by atoms with Crippen LogP contribution in [-0.4, -0.2) is 5.84 Å². The summed E-state index contributed by atoms with van der Waals surface area (Å²) < 4.78 is 25.7. The second-order valence-electron chi connectivity index (χ2n) is 3.29. The van der Waals surface area contributed by atoms with Crippen LogP contribution in [0.4, 0.5) is 8.78 Å². The monoisotopic (exact) mass is 212 g/mol. The molecule has 15 heavy (non-hydrogen) atoms. The van der Waals surface area contributed by atoms with Gasteiger partial charge in [-0.3, -0.25) is 4.99 Å². The fourth-order valence-electron chi connectivity index (χ4n) is 1.17. The lowest BCUT2D eigenvalue weighted by molar-refractivity contribution is 0.572. The number of hydrogen-bond acceptors (Lipinski definition) is 1. The number of halogens is 2. The van der Waals surface area contributed by atoms with E-state index in [-0.39, 0.29) is 6.54 Å². The molecule has 2 N–H and O–H groups in total. The molecule has 0 saturated heterocycles. The van der Waals surface area contributed by atoms with E-state index < -0.39 is 11.6 Å². The quantitative estimate of drug-likeness (QED) is 0.604. The predicted molar refractivity (Wildman–Crippen MR) is 56.6 cm³/mol. The van der Waals surface area contributed by atoms with Crippen LogP contribution in [0.25, 0.3) is 0 Å². The molecule has 0 aliphatic heterocycles. The molecule has 0 aliphatic rings. The Bertz CT molecular complexity index is 362. The molecule has 0 atom stereocenters. The molecule has 0 heterocycles. The van der Waals surface area contributed by atoms with Crippen LogP contribution >= 0.6 is 0 Å². The fourth-order valence-corrected chi connectivity index (χ4v) is 1.17. The van der Waals surface area contributed by atoms with E-state index in [9.17, 15) is 8.78 Å². The Morgan fingerprint density at radius 3 is 2.73 bits per heavy atom. The summed E-state index contributed by atoms with van der Waals surface area (Å²) in [5.41, 5.74) is 5.92. The van der Waals surface area contributed by atoms with Crippen molar-refractivity contribution < 1.29 is 8.78 Å². The molecule has 82 valence electrons. The number of hydrogen-bond donors (Lipinski definition) is 1. The van der Waals surface area contributed by atoms with Crippen molar-refractivity contribution in [2.75, 3.05) is 0 Å². The van der Waals surface area contributed by atoms with Gasteiger partial charge in [0.25, 0.3) is 0 Å². The van der Waals surface area contributed by atoms with Crippen LogP contribution in [0, 0.1) is 11.6 Å². The lowest BCUT2D eigenvalue weighted by Crippen LogP contribution is -2.11. The van der Waals surface area contributed by atoms with E-state index in [2.05, 4.69) is 4.99 Å². The smallest absolute Gasteiger partial charge is 0.131 e. The van der Waals surface area contributed by atoms with Crippen LogP contribution < -0.4 is 5.73 Å². The largest absolute Gasteiger partial charge is 0.387 e. The highest BCUT2D eigenvalue weighted by Gasteiger charge is 2.02.